The molecule has 1 saturated heterocycles. The Morgan fingerprint density at radius 1 is 0.647 bits per heavy atom. The standard InChI is InChI=1S/C26H38N6O2/c1-21-5-9-23(10-6-21)29-25(33)27-13-3-15-31-17-19-32(20-18-31)16-4-14-28-26(34)30-24-11-7-22(2)8-12-24/h5-12H,3-4,13-20H2,1-2H3,(H2,27,29,33)(H2,28,30,34). The van der Waals surface area contributed by atoms with E-state index in [-0.39, 0.29) is 12.1 Å². The fraction of sp³-hybridized carbons (Fsp3) is 0.462. The SMILES string of the molecule is Cc1ccc(NC(=O)NCCCN2CCN(CCCNC(=O)Nc3ccc(C)cc3)CC2)cc1. The predicted molar refractivity (Wildman–Crippen MR) is 139 cm³/mol. The number of urea groups is 2. The number of hydrogen-bond donors (Lipinski definition) is 4. The molecule has 1 aliphatic rings. The normalized spacial score (nSPS) is 14.4. The zero-order valence-electron chi connectivity index (χ0n) is 20.4. The van der Waals surface area contributed by atoms with E-state index in [1.54, 1.807) is 0 Å². The van der Waals surface area contributed by atoms with Crippen LogP contribution < -0.4 is 21.3 Å². The van der Waals surface area contributed by atoms with Gasteiger partial charge in [0.15, 0.2) is 0 Å². The number of nitrogens with zero attached hydrogens (tertiary/aromatic N) is 2. The Kier molecular flexibility index (Phi) is 10.2. The Hall–Kier alpha value is -3.10. The van der Waals surface area contributed by atoms with E-state index >= 15 is 0 Å². The van der Waals surface area contributed by atoms with Gasteiger partial charge in [-0.3, -0.25) is 0 Å². The molecule has 184 valence electrons. The number of carbonyl (C=O) groups is 2. The number of anilines is 2. The number of amides is 4. The molecule has 0 aromatic heterocycles. The van der Waals surface area contributed by atoms with Crippen LogP contribution in [0.3, 0.4) is 0 Å². The van der Waals surface area contributed by atoms with Gasteiger partial charge in [-0.25, -0.2) is 9.59 Å². The molecule has 4 amide bonds. The van der Waals surface area contributed by atoms with Gasteiger partial charge >= 0.3 is 12.1 Å². The summed E-state index contributed by atoms with van der Waals surface area (Å²) in [6, 6.07) is 15.2. The number of nitrogens with one attached hydrogen (secondary N) is 4. The van der Waals surface area contributed by atoms with Crippen molar-refractivity contribution in [1.82, 2.24) is 20.4 Å². The lowest BCUT2D eigenvalue weighted by atomic mass is 10.2. The summed E-state index contributed by atoms with van der Waals surface area (Å²) in [5.41, 5.74) is 3.95. The Bertz CT molecular complexity index is 817. The maximum absolute atomic E-state index is 12.0. The van der Waals surface area contributed by atoms with Crippen LogP contribution >= 0.6 is 0 Å². The minimum Gasteiger partial charge on any atom is -0.338 e. The van der Waals surface area contributed by atoms with Gasteiger partial charge in [-0.2, -0.15) is 0 Å². The van der Waals surface area contributed by atoms with Crippen molar-refractivity contribution in [3.05, 3.63) is 59.7 Å². The van der Waals surface area contributed by atoms with Gasteiger partial charge in [-0.1, -0.05) is 35.4 Å². The van der Waals surface area contributed by atoms with Gasteiger partial charge < -0.3 is 31.1 Å². The smallest absolute Gasteiger partial charge is 0.319 e. The van der Waals surface area contributed by atoms with Crippen LogP contribution in [0, 0.1) is 13.8 Å². The van der Waals surface area contributed by atoms with Crippen molar-refractivity contribution in [2.45, 2.75) is 26.7 Å². The minimum atomic E-state index is -0.158. The maximum atomic E-state index is 12.0. The Morgan fingerprint density at radius 3 is 1.35 bits per heavy atom. The van der Waals surface area contributed by atoms with Crippen molar-refractivity contribution < 1.29 is 9.59 Å². The van der Waals surface area contributed by atoms with Crippen LogP contribution in [-0.4, -0.2) is 74.2 Å². The Balaban J connectivity index is 1.18. The third kappa shape index (κ3) is 9.41. The van der Waals surface area contributed by atoms with Gasteiger partial charge in [0.2, 0.25) is 0 Å². The molecule has 0 atom stereocenters. The van der Waals surface area contributed by atoms with Crippen molar-refractivity contribution in [2.24, 2.45) is 0 Å². The summed E-state index contributed by atoms with van der Waals surface area (Å²) in [6.45, 7) is 11.5. The molecule has 0 bridgehead atoms. The highest BCUT2D eigenvalue weighted by molar-refractivity contribution is 5.89. The molecule has 0 aliphatic carbocycles. The molecule has 1 aliphatic heterocycles. The maximum Gasteiger partial charge on any atom is 0.319 e. The van der Waals surface area contributed by atoms with Crippen LogP contribution in [-0.2, 0) is 0 Å². The lowest BCUT2D eigenvalue weighted by Gasteiger charge is -2.34. The van der Waals surface area contributed by atoms with Gasteiger partial charge in [-0.05, 0) is 64.0 Å². The van der Waals surface area contributed by atoms with Crippen LogP contribution in [0.1, 0.15) is 24.0 Å². The predicted octanol–water partition coefficient (Wildman–Crippen LogP) is 3.64. The number of aryl methyl sites for hydroxylation is 2. The van der Waals surface area contributed by atoms with Gasteiger partial charge in [0.05, 0.1) is 0 Å². The molecule has 0 radical (unpaired) electrons. The molecule has 34 heavy (non-hydrogen) atoms. The first-order chi connectivity index (χ1) is 16.5. The van der Waals surface area contributed by atoms with E-state index in [2.05, 4.69) is 31.1 Å². The van der Waals surface area contributed by atoms with Gasteiger partial charge in [0.25, 0.3) is 0 Å². The molecule has 8 heteroatoms. The molecule has 3 rings (SSSR count). The molecule has 4 N–H and O–H groups in total. The first-order valence-corrected chi connectivity index (χ1v) is 12.2. The number of piperazine rings is 1. The first-order valence-electron chi connectivity index (χ1n) is 12.2. The fourth-order valence-corrected chi connectivity index (χ4v) is 3.87. The highest BCUT2D eigenvalue weighted by atomic mass is 16.2. The van der Waals surface area contributed by atoms with E-state index in [4.69, 9.17) is 0 Å². The fourth-order valence-electron chi connectivity index (χ4n) is 3.87. The van der Waals surface area contributed by atoms with Gasteiger partial charge in [0.1, 0.15) is 0 Å². The van der Waals surface area contributed by atoms with Crippen molar-refractivity contribution >= 4 is 23.4 Å². The molecule has 0 saturated carbocycles. The third-order valence-corrected chi connectivity index (χ3v) is 5.96. The third-order valence-electron chi connectivity index (χ3n) is 5.96. The van der Waals surface area contributed by atoms with E-state index < -0.39 is 0 Å². The van der Waals surface area contributed by atoms with Crippen LogP contribution in [0.25, 0.3) is 0 Å². The summed E-state index contributed by atoms with van der Waals surface area (Å²) in [6.07, 6.45) is 1.86. The van der Waals surface area contributed by atoms with Crippen molar-refractivity contribution in [3.8, 4) is 0 Å². The molecule has 2 aromatic rings. The summed E-state index contributed by atoms with van der Waals surface area (Å²) >= 11 is 0. The summed E-state index contributed by atoms with van der Waals surface area (Å²) in [5, 5.41) is 11.6. The average molecular weight is 467 g/mol. The molecule has 0 unspecified atom stereocenters. The van der Waals surface area contributed by atoms with E-state index in [9.17, 15) is 9.59 Å². The highest BCUT2D eigenvalue weighted by Gasteiger charge is 2.16. The summed E-state index contributed by atoms with van der Waals surface area (Å²) in [7, 11) is 0. The van der Waals surface area contributed by atoms with Crippen LogP contribution in [0.15, 0.2) is 48.5 Å². The quantitative estimate of drug-likeness (QED) is 0.403. The molecular weight excluding hydrogens is 428 g/mol. The molecule has 1 heterocycles. The monoisotopic (exact) mass is 466 g/mol. The molecule has 2 aromatic carbocycles. The lowest BCUT2D eigenvalue weighted by molar-refractivity contribution is 0.130. The Labute approximate surface area is 203 Å². The highest BCUT2D eigenvalue weighted by Crippen LogP contribution is 2.09. The van der Waals surface area contributed by atoms with E-state index in [1.165, 1.54) is 11.1 Å². The van der Waals surface area contributed by atoms with Crippen LogP contribution in [0.4, 0.5) is 21.0 Å². The lowest BCUT2D eigenvalue weighted by Crippen LogP contribution is -2.47. The number of benzene rings is 2. The van der Waals surface area contributed by atoms with Crippen molar-refractivity contribution in [3.63, 3.8) is 0 Å². The molecule has 0 spiro atoms. The second-order valence-electron chi connectivity index (χ2n) is 8.88. The molecule has 1 fully saturated rings. The largest absolute Gasteiger partial charge is 0.338 e. The molecule has 8 nitrogen and oxygen atoms in total. The topological polar surface area (TPSA) is 88.7 Å². The van der Waals surface area contributed by atoms with Crippen LogP contribution in [0.2, 0.25) is 0 Å². The van der Waals surface area contributed by atoms with E-state index in [1.807, 2.05) is 62.4 Å². The summed E-state index contributed by atoms with van der Waals surface area (Å²) in [5.74, 6) is 0. The van der Waals surface area contributed by atoms with Crippen LogP contribution in [0.5, 0.6) is 0 Å². The van der Waals surface area contributed by atoms with Gasteiger partial charge in [0, 0.05) is 50.6 Å². The zero-order valence-corrected chi connectivity index (χ0v) is 20.4. The van der Waals surface area contributed by atoms with Crippen molar-refractivity contribution in [2.75, 3.05) is 63.0 Å². The second kappa shape index (κ2) is 13.6. The summed E-state index contributed by atoms with van der Waals surface area (Å²) < 4.78 is 0. The van der Waals surface area contributed by atoms with Crippen molar-refractivity contribution in [1.29, 1.82) is 0 Å². The Morgan fingerprint density at radius 2 is 1.00 bits per heavy atom. The molecular formula is C26H38N6O2. The number of carbonyl (C=O) groups excluding carboxylic acids is 2. The minimum absolute atomic E-state index is 0.158. The average Bonchev–Trinajstić information content (AvgIpc) is 2.83. The van der Waals surface area contributed by atoms with E-state index in [0.29, 0.717) is 13.1 Å². The first kappa shape index (κ1) is 25.5. The number of hydrogen-bond acceptors (Lipinski definition) is 4. The van der Waals surface area contributed by atoms with Gasteiger partial charge in [-0.15, -0.1) is 0 Å². The summed E-state index contributed by atoms with van der Waals surface area (Å²) in [4.78, 5) is 28.9. The second-order valence-corrected chi connectivity index (χ2v) is 8.88. The zero-order chi connectivity index (χ0) is 24.2. The number of rotatable bonds is 10. The van der Waals surface area contributed by atoms with E-state index in [0.717, 1.165) is 63.5 Å².